The van der Waals surface area contributed by atoms with Gasteiger partial charge in [0.25, 0.3) is 0 Å². The molecule has 0 bridgehead atoms. The van der Waals surface area contributed by atoms with E-state index in [-0.39, 0.29) is 30.0 Å². The molecule has 3 heterocycles. The lowest BCUT2D eigenvalue weighted by Crippen LogP contribution is -2.44. The quantitative estimate of drug-likeness (QED) is 0.406. The fraction of sp³-hybridized carbons (Fsp3) is 0.625. The third kappa shape index (κ3) is 7.15. The van der Waals surface area contributed by atoms with Crippen LogP contribution in [-0.4, -0.2) is 73.7 Å². The van der Waals surface area contributed by atoms with Gasteiger partial charge in [-0.3, -0.25) is 14.2 Å². The lowest BCUT2D eigenvalue weighted by Gasteiger charge is -2.28. The molecule has 1 saturated heterocycles. The number of carbonyl (C=O) groups excluding carboxylic acids is 4. The van der Waals surface area contributed by atoms with Crippen LogP contribution >= 0.6 is 0 Å². The monoisotopic (exact) mass is 535 g/mol. The number of esters is 2. The number of hydrogen-bond acceptors (Lipinski definition) is 12. The number of nitrogens with zero attached hydrogens (tertiary/aromatic N) is 5. The van der Waals surface area contributed by atoms with Crippen LogP contribution in [0, 0.1) is 0 Å². The largest absolute Gasteiger partial charge is 0.463 e. The van der Waals surface area contributed by atoms with Crippen LogP contribution in [-0.2, 0) is 33.3 Å². The Morgan fingerprint density at radius 3 is 2.11 bits per heavy atom. The number of hydrogen-bond donors (Lipinski definition) is 0. The molecule has 0 N–H and O–H groups in total. The predicted molar refractivity (Wildman–Crippen MR) is 131 cm³/mol. The second-order valence-corrected chi connectivity index (χ2v) is 10.6. The number of aromatic nitrogens is 4. The smallest absolute Gasteiger partial charge is 0.425 e. The highest BCUT2D eigenvalue weighted by Gasteiger charge is 2.41. The zero-order valence-corrected chi connectivity index (χ0v) is 22.7. The Bertz CT molecular complexity index is 1190. The molecule has 0 aliphatic carbocycles. The first-order valence-electron chi connectivity index (χ1n) is 12.0. The maximum absolute atomic E-state index is 13.1. The zero-order chi connectivity index (χ0) is 28.4. The molecule has 0 saturated carbocycles. The third-order valence-electron chi connectivity index (χ3n) is 4.96. The van der Waals surface area contributed by atoms with Crippen molar-refractivity contribution in [2.75, 3.05) is 11.5 Å². The van der Waals surface area contributed by atoms with Crippen LogP contribution in [0.4, 0.5) is 15.4 Å². The van der Waals surface area contributed by atoms with Crippen molar-refractivity contribution in [1.82, 2.24) is 19.5 Å². The van der Waals surface area contributed by atoms with Crippen LogP contribution < -0.4 is 4.90 Å². The zero-order valence-electron chi connectivity index (χ0n) is 22.7. The Kier molecular flexibility index (Phi) is 8.24. The molecule has 2 aromatic heterocycles. The van der Waals surface area contributed by atoms with E-state index < -0.39 is 53.8 Å². The molecule has 0 aromatic carbocycles. The molecule has 14 nitrogen and oxygen atoms in total. The summed E-state index contributed by atoms with van der Waals surface area (Å²) in [5.41, 5.74) is -1.50. The molecule has 0 unspecified atom stereocenters. The molecular formula is C24H33N5O9. The van der Waals surface area contributed by atoms with Crippen LogP contribution in [0.15, 0.2) is 12.7 Å². The molecule has 1 aliphatic heterocycles. The lowest BCUT2D eigenvalue weighted by atomic mass is 10.2. The minimum absolute atomic E-state index is 0.0975. The number of imidazole rings is 1. The van der Waals surface area contributed by atoms with Gasteiger partial charge in [-0.05, 0) is 41.5 Å². The summed E-state index contributed by atoms with van der Waals surface area (Å²) < 4.78 is 28.9. The lowest BCUT2D eigenvalue weighted by molar-refractivity contribution is -0.155. The van der Waals surface area contributed by atoms with Crippen molar-refractivity contribution >= 4 is 41.1 Å². The summed E-state index contributed by atoms with van der Waals surface area (Å²) >= 11 is 0. The second-order valence-electron chi connectivity index (χ2n) is 10.6. The van der Waals surface area contributed by atoms with Gasteiger partial charge in [0, 0.05) is 20.3 Å². The highest BCUT2D eigenvalue weighted by Crippen LogP contribution is 2.34. The number of anilines is 1. The number of imide groups is 1. The van der Waals surface area contributed by atoms with Crippen molar-refractivity contribution in [2.45, 2.75) is 91.4 Å². The first-order chi connectivity index (χ1) is 17.6. The molecule has 2 amide bonds. The molecular weight excluding hydrogens is 502 g/mol. The highest BCUT2D eigenvalue weighted by molar-refractivity contribution is 6.12. The number of rotatable bonds is 5. The Hall–Kier alpha value is -3.81. The molecule has 208 valence electrons. The van der Waals surface area contributed by atoms with E-state index in [1.54, 1.807) is 46.1 Å². The van der Waals surface area contributed by atoms with Crippen LogP contribution in [0.3, 0.4) is 0 Å². The fourth-order valence-electron chi connectivity index (χ4n) is 3.63. The van der Waals surface area contributed by atoms with E-state index >= 15 is 0 Å². The first kappa shape index (κ1) is 28.8. The van der Waals surface area contributed by atoms with E-state index in [9.17, 15) is 19.2 Å². The average molecular weight is 536 g/mol. The molecule has 3 rings (SSSR count). The number of fused-ring (bicyclic) bond motifs is 1. The summed E-state index contributed by atoms with van der Waals surface area (Å²) in [7, 11) is 0. The Morgan fingerprint density at radius 2 is 1.58 bits per heavy atom. The number of carbonyl (C=O) groups is 4. The summed E-state index contributed by atoms with van der Waals surface area (Å²) in [4.78, 5) is 62.5. The minimum Gasteiger partial charge on any atom is -0.463 e. The van der Waals surface area contributed by atoms with Crippen molar-refractivity contribution in [3.8, 4) is 0 Å². The SMILES string of the molecule is CC(=O)OC[C@H]1O[C@@H](n2cnc3c(N(C(=O)OC(C)(C)C)C(=O)OC(C)(C)C)ncnc32)C[C@@H]1OC(C)=O. The summed E-state index contributed by atoms with van der Waals surface area (Å²) in [6.45, 7) is 12.4. The van der Waals surface area contributed by atoms with Gasteiger partial charge in [-0.1, -0.05) is 0 Å². The topological polar surface area (TPSA) is 161 Å². The molecule has 3 atom stereocenters. The summed E-state index contributed by atoms with van der Waals surface area (Å²) in [5, 5.41) is 0. The summed E-state index contributed by atoms with van der Waals surface area (Å²) in [6.07, 6.45) is -1.39. The van der Waals surface area contributed by atoms with Crippen LogP contribution in [0.25, 0.3) is 11.2 Å². The molecule has 0 spiro atoms. The minimum atomic E-state index is -1.00. The standard InChI is InChI=1S/C24H33N5O9/c1-13(30)34-10-16-15(35-14(2)31)9-17(36-16)28-12-27-18-19(28)25-11-26-20(18)29(21(32)37-23(3,4)5)22(33)38-24(6,7)8/h11-12,15-17H,9-10H2,1-8H3/t15-,16+,17+/m0/s1. The van der Waals surface area contributed by atoms with E-state index in [0.29, 0.717) is 4.90 Å². The number of amides is 2. The van der Waals surface area contributed by atoms with Gasteiger partial charge in [0.15, 0.2) is 17.0 Å². The van der Waals surface area contributed by atoms with Crippen molar-refractivity contribution in [3.63, 3.8) is 0 Å². The second kappa shape index (κ2) is 10.9. The molecule has 1 aliphatic rings. The van der Waals surface area contributed by atoms with Crippen molar-refractivity contribution in [1.29, 1.82) is 0 Å². The Labute approximate surface area is 219 Å². The molecule has 14 heteroatoms. The Balaban J connectivity index is 2.00. The maximum atomic E-state index is 13.1. The van der Waals surface area contributed by atoms with Crippen LogP contribution in [0.5, 0.6) is 0 Å². The fourth-order valence-corrected chi connectivity index (χ4v) is 3.63. The Morgan fingerprint density at radius 1 is 0.974 bits per heavy atom. The van der Waals surface area contributed by atoms with Crippen LogP contribution in [0.2, 0.25) is 0 Å². The van der Waals surface area contributed by atoms with Gasteiger partial charge in [-0.15, -0.1) is 0 Å². The van der Waals surface area contributed by atoms with Gasteiger partial charge in [0.05, 0.1) is 6.33 Å². The molecule has 38 heavy (non-hydrogen) atoms. The van der Waals surface area contributed by atoms with E-state index in [1.807, 2.05) is 0 Å². The summed E-state index contributed by atoms with van der Waals surface area (Å²) in [5.74, 6) is -1.17. The van der Waals surface area contributed by atoms with Crippen molar-refractivity contribution in [3.05, 3.63) is 12.7 Å². The van der Waals surface area contributed by atoms with Gasteiger partial charge < -0.3 is 23.7 Å². The average Bonchev–Trinajstić information content (AvgIpc) is 3.33. The predicted octanol–water partition coefficient (Wildman–Crippen LogP) is 3.29. The summed E-state index contributed by atoms with van der Waals surface area (Å²) in [6, 6.07) is 0. The van der Waals surface area contributed by atoms with E-state index in [2.05, 4.69) is 15.0 Å². The van der Waals surface area contributed by atoms with Gasteiger partial charge in [0.2, 0.25) is 0 Å². The first-order valence-corrected chi connectivity index (χ1v) is 12.0. The van der Waals surface area contributed by atoms with Gasteiger partial charge >= 0.3 is 24.1 Å². The van der Waals surface area contributed by atoms with Crippen molar-refractivity contribution < 1.29 is 42.9 Å². The maximum Gasteiger partial charge on any atom is 0.425 e. The highest BCUT2D eigenvalue weighted by atomic mass is 16.6. The van der Waals surface area contributed by atoms with E-state index in [4.69, 9.17) is 23.7 Å². The van der Waals surface area contributed by atoms with Gasteiger partial charge in [0.1, 0.15) is 42.6 Å². The normalized spacial score (nSPS) is 19.6. The van der Waals surface area contributed by atoms with E-state index in [1.165, 1.54) is 20.2 Å². The molecule has 1 fully saturated rings. The molecule has 2 aromatic rings. The van der Waals surface area contributed by atoms with Crippen LogP contribution in [0.1, 0.15) is 68.0 Å². The van der Waals surface area contributed by atoms with E-state index in [0.717, 1.165) is 6.33 Å². The van der Waals surface area contributed by atoms with Gasteiger partial charge in [-0.25, -0.2) is 24.5 Å². The van der Waals surface area contributed by atoms with Crippen molar-refractivity contribution in [2.24, 2.45) is 0 Å². The van der Waals surface area contributed by atoms with Gasteiger partial charge in [-0.2, -0.15) is 4.90 Å². The third-order valence-corrected chi connectivity index (χ3v) is 4.96. The molecule has 0 radical (unpaired) electrons. The number of ether oxygens (including phenoxy) is 5.